The van der Waals surface area contributed by atoms with Crippen LogP contribution in [-0.4, -0.2) is 27.9 Å². The Balaban J connectivity index is 1.58. The summed E-state index contributed by atoms with van der Waals surface area (Å²) in [5, 5.41) is 9.34. The quantitative estimate of drug-likeness (QED) is 0.531. The smallest absolute Gasteiger partial charge is 0.287 e. The maximum Gasteiger partial charge on any atom is 0.287 e. The number of nitrogens with one attached hydrogen (secondary N) is 4. The highest BCUT2D eigenvalue weighted by atomic mass is 16.2. The summed E-state index contributed by atoms with van der Waals surface area (Å²) in [6.45, 7) is 1.40. The van der Waals surface area contributed by atoms with E-state index in [0.717, 1.165) is 5.56 Å². The lowest BCUT2D eigenvalue weighted by atomic mass is 10.1. The molecule has 0 aliphatic rings. The van der Waals surface area contributed by atoms with E-state index in [1.165, 1.54) is 19.1 Å². The van der Waals surface area contributed by atoms with Crippen LogP contribution in [-0.2, 0) is 4.79 Å². The Morgan fingerprint density at radius 2 is 1.56 bits per heavy atom. The van der Waals surface area contributed by atoms with Crippen LogP contribution in [0.4, 0.5) is 5.69 Å². The Labute approximate surface area is 155 Å². The summed E-state index contributed by atoms with van der Waals surface area (Å²) in [7, 11) is 0. The molecular weight excluding hydrogens is 346 g/mol. The van der Waals surface area contributed by atoms with Crippen LogP contribution in [0, 0.1) is 0 Å². The molecule has 3 aromatic rings. The number of hydrogen-bond acceptors (Lipinski definition) is 4. The maximum atomic E-state index is 12.2. The number of nitrogens with zero attached hydrogens (tertiary/aromatic N) is 1. The average molecular weight is 363 g/mol. The van der Waals surface area contributed by atoms with Gasteiger partial charge in [-0.05, 0) is 30.3 Å². The third-order valence-corrected chi connectivity index (χ3v) is 3.65. The van der Waals surface area contributed by atoms with Crippen molar-refractivity contribution in [2.75, 3.05) is 5.32 Å². The summed E-state index contributed by atoms with van der Waals surface area (Å²) < 4.78 is 0. The van der Waals surface area contributed by atoms with Gasteiger partial charge in [0, 0.05) is 23.7 Å². The molecule has 3 amide bonds. The second kappa shape index (κ2) is 7.96. The Morgan fingerprint density at radius 3 is 2.22 bits per heavy atom. The number of aromatic amines is 1. The van der Waals surface area contributed by atoms with E-state index in [9.17, 15) is 14.4 Å². The Kier molecular flexibility index (Phi) is 5.27. The van der Waals surface area contributed by atoms with Gasteiger partial charge in [0.25, 0.3) is 11.8 Å². The molecule has 0 bridgehead atoms. The minimum Gasteiger partial charge on any atom is -0.326 e. The van der Waals surface area contributed by atoms with E-state index in [0.29, 0.717) is 16.9 Å². The first kappa shape index (κ1) is 17.9. The second-order valence-corrected chi connectivity index (χ2v) is 5.70. The lowest BCUT2D eigenvalue weighted by Gasteiger charge is -2.07. The van der Waals surface area contributed by atoms with Crippen LogP contribution in [0.3, 0.4) is 0 Å². The van der Waals surface area contributed by atoms with Gasteiger partial charge in [-0.3, -0.25) is 30.3 Å². The summed E-state index contributed by atoms with van der Waals surface area (Å²) in [5.74, 6) is -1.21. The number of carbonyl (C=O) groups excluding carboxylic acids is 3. The molecule has 0 radical (unpaired) electrons. The zero-order valence-corrected chi connectivity index (χ0v) is 14.4. The molecule has 0 spiro atoms. The van der Waals surface area contributed by atoms with Gasteiger partial charge in [0.15, 0.2) is 0 Å². The number of hydrazine groups is 1. The van der Waals surface area contributed by atoms with Crippen molar-refractivity contribution in [2.24, 2.45) is 0 Å². The van der Waals surface area contributed by atoms with E-state index in [1.54, 1.807) is 18.2 Å². The molecule has 136 valence electrons. The van der Waals surface area contributed by atoms with Crippen molar-refractivity contribution < 1.29 is 14.4 Å². The molecule has 0 fully saturated rings. The van der Waals surface area contributed by atoms with E-state index in [2.05, 4.69) is 26.4 Å². The van der Waals surface area contributed by atoms with Crippen molar-refractivity contribution in [3.63, 3.8) is 0 Å². The standard InChI is InChI=1S/C19H17N5O3/c1-12(25)20-15-9-7-14(8-10-15)18(26)23-24-19(27)17-11-16(21-22-17)13-5-3-2-4-6-13/h2-11H,1H3,(H,20,25)(H,21,22)(H,23,26)(H,24,27). The monoisotopic (exact) mass is 363 g/mol. The zero-order chi connectivity index (χ0) is 19.2. The highest BCUT2D eigenvalue weighted by Crippen LogP contribution is 2.16. The van der Waals surface area contributed by atoms with Gasteiger partial charge in [0.2, 0.25) is 5.91 Å². The third kappa shape index (κ3) is 4.57. The van der Waals surface area contributed by atoms with Gasteiger partial charge in [-0.15, -0.1) is 0 Å². The van der Waals surface area contributed by atoms with Gasteiger partial charge < -0.3 is 5.32 Å². The number of hydrogen-bond donors (Lipinski definition) is 4. The van der Waals surface area contributed by atoms with Crippen molar-refractivity contribution in [1.29, 1.82) is 0 Å². The normalized spacial score (nSPS) is 10.1. The fourth-order valence-electron chi connectivity index (χ4n) is 2.36. The predicted octanol–water partition coefficient (Wildman–Crippen LogP) is 2.11. The number of aromatic nitrogens is 2. The molecule has 0 saturated heterocycles. The van der Waals surface area contributed by atoms with Crippen LogP contribution >= 0.6 is 0 Å². The van der Waals surface area contributed by atoms with Crippen molar-refractivity contribution in [2.45, 2.75) is 6.92 Å². The molecule has 1 aromatic heterocycles. The van der Waals surface area contributed by atoms with Crippen LogP contribution in [0.5, 0.6) is 0 Å². The lowest BCUT2D eigenvalue weighted by Crippen LogP contribution is -2.41. The van der Waals surface area contributed by atoms with Gasteiger partial charge >= 0.3 is 0 Å². The van der Waals surface area contributed by atoms with E-state index >= 15 is 0 Å². The molecule has 8 heteroatoms. The number of anilines is 1. The average Bonchev–Trinajstić information content (AvgIpc) is 3.17. The maximum absolute atomic E-state index is 12.2. The van der Waals surface area contributed by atoms with E-state index in [4.69, 9.17) is 0 Å². The number of amides is 3. The summed E-state index contributed by atoms with van der Waals surface area (Å²) in [5.41, 5.74) is 7.29. The van der Waals surface area contributed by atoms with Crippen LogP contribution in [0.15, 0.2) is 60.7 Å². The first-order valence-electron chi connectivity index (χ1n) is 8.12. The van der Waals surface area contributed by atoms with Crippen molar-refractivity contribution >= 4 is 23.4 Å². The Morgan fingerprint density at radius 1 is 0.889 bits per heavy atom. The van der Waals surface area contributed by atoms with E-state index in [-0.39, 0.29) is 11.6 Å². The van der Waals surface area contributed by atoms with Crippen molar-refractivity contribution in [3.05, 3.63) is 71.9 Å². The number of carbonyl (C=O) groups is 3. The molecule has 1 heterocycles. The van der Waals surface area contributed by atoms with Crippen LogP contribution in [0.2, 0.25) is 0 Å². The molecule has 0 unspecified atom stereocenters. The Bertz CT molecular complexity index is 965. The van der Waals surface area contributed by atoms with E-state index < -0.39 is 11.8 Å². The molecule has 27 heavy (non-hydrogen) atoms. The first-order valence-corrected chi connectivity index (χ1v) is 8.12. The van der Waals surface area contributed by atoms with Gasteiger partial charge in [-0.25, -0.2) is 0 Å². The third-order valence-electron chi connectivity index (χ3n) is 3.65. The number of benzene rings is 2. The SMILES string of the molecule is CC(=O)Nc1ccc(C(=O)NNC(=O)c2cc(-c3ccccc3)n[nH]2)cc1. The first-order chi connectivity index (χ1) is 13.0. The van der Waals surface area contributed by atoms with Crippen molar-refractivity contribution in [1.82, 2.24) is 21.0 Å². The highest BCUT2D eigenvalue weighted by Gasteiger charge is 2.12. The lowest BCUT2D eigenvalue weighted by molar-refractivity contribution is -0.114. The molecular formula is C19H17N5O3. The largest absolute Gasteiger partial charge is 0.326 e. The predicted molar refractivity (Wildman–Crippen MR) is 99.7 cm³/mol. The zero-order valence-electron chi connectivity index (χ0n) is 14.4. The molecule has 2 aromatic carbocycles. The van der Waals surface area contributed by atoms with Gasteiger partial charge in [0.1, 0.15) is 5.69 Å². The van der Waals surface area contributed by atoms with Crippen molar-refractivity contribution in [3.8, 4) is 11.3 Å². The summed E-state index contributed by atoms with van der Waals surface area (Å²) in [4.78, 5) is 35.2. The van der Waals surface area contributed by atoms with E-state index in [1.807, 2.05) is 30.3 Å². The Hall–Kier alpha value is -3.94. The summed E-state index contributed by atoms with van der Waals surface area (Å²) in [6, 6.07) is 17.3. The number of H-pyrrole nitrogens is 1. The van der Waals surface area contributed by atoms with Crippen LogP contribution in [0.1, 0.15) is 27.8 Å². The van der Waals surface area contributed by atoms with Gasteiger partial charge in [0.05, 0.1) is 5.69 Å². The summed E-state index contributed by atoms with van der Waals surface area (Å²) >= 11 is 0. The van der Waals surface area contributed by atoms with Gasteiger partial charge in [-0.2, -0.15) is 5.10 Å². The molecule has 0 atom stereocenters. The minimum atomic E-state index is -0.520. The number of rotatable bonds is 4. The fourth-order valence-corrected chi connectivity index (χ4v) is 2.36. The highest BCUT2D eigenvalue weighted by molar-refractivity contribution is 5.99. The fraction of sp³-hybridized carbons (Fsp3) is 0.0526. The van der Waals surface area contributed by atoms with Gasteiger partial charge in [-0.1, -0.05) is 30.3 Å². The topological polar surface area (TPSA) is 116 Å². The molecule has 3 rings (SSSR count). The molecule has 4 N–H and O–H groups in total. The molecule has 0 saturated carbocycles. The summed E-state index contributed by atoms with van der Waals surface area (Å²) in [6.07, 6.45) is 0. The second-order valence-electron chi connectivity index (χ2n) is 5.70. The van der Waals surface area contributed by atoms with Crippen LogP contribution < -0.4 is 16.2 Å². The van der Waals surface area contributed by atoms with Crippen LogP contribution in [0.25, 0.3) is 11.3 Å². The molecule has 0 aliphatic heterocycles. The minimum absolute atomic E-state index is 0.200. The molecule has 8 nitrogen and oxygen atoms in total. The molecule has 0 aliphatic carbocycles.